The van der Waals surface area contributed by atoms with Crippen LogP contribution in [0, 0.1) is 0 Å². The van der Waals surface area contributed by atoms with Crippen molar-refractivity contribution in [2.75, 3.05) is 13.6 Å². The first-order valence-corrected chi connectivity index (χ1v) is 6.68. The second kappa shape index (κ2) is 5.84. The highest BCUT2D eigenvalue weighted by Crippen LogP contribution is 2.31. The molecule has 1 aromatic carbocycles. The van der Waals surface area contributed by atoms with Crippen LogP contribution in [0.1, 0.15) is 18.1 Å². The summed E-state index contributed by atoms with van der Waals surface area (Å²) in [6.45, 7) is 0.865. The summed E-state index contributed by atoms with van der Waals surface area (Å²) in [5, 5.41) is 4.19. The van der Waals surface area contributed by atoms with E-state index in [0.717, 1.165) is 35.2 Å². The molecule has 4 heteroatoms. The van der Waals surface area contributed by atoms with Crippen LogP contribution in [0.25, 0.3) is 11.0 Å². The molecule has 1 N–H and O–H groups in total. The first-order chi connectivity index (χ1) is 9.88. The number of para-hydroxylation sites is 1. The topological polar surface area (TPSA) is 47.5 Å². The minimum atomic E-state index is -0.0584. The number of benzene rings is 1. The quantitative estimate of drug-likeness (QED) is 0.741. The summed E-state index contributed by atoms with van der Waals surface area (Å²) in [6, 6.07) is 9.77. The molecule has 0 aliphatic heterocycles. The van der Waals surface area contributed by atoms with Crippen molar-refractivity contribution in [3.63, 3.8) is 0 Å². The van der Waals surface area contributed by atoms with E-state index in [-0.39, 0.29) is 6.10 Å². The zero-order valence-electron chi connectivity index (χ0n) is 11.3. The largest absolute Gasteiger partial charge is 0.482 e. The second-order valence-corrected chi connectivity index (χ2v) is 4.65. The van der Waals surface area contributed by atoms with E-state index in [1.807, 2.05) is 37.4 Å². The van der Waals surface area contributed by atoms with Gasteiger partial charge in [-0.25, -0.2) is 0 Å². The highest BCUT2D eigenvalue weighted by Gasteiger charge is 2.16. The molecule has 0 saturated heterocycles. The van der Waals surface area contributed by atoms with E-state index in [2.05, 4.69) is 5.32 Å². The number of hydrogen-bond acceptors (Lipinski definition) is 4. The van der Waals surface area contributed by atoms with E-state index in [0.29, 0.717) is 0 Å². The lowest BCUT2D eigenvalue weighted by atomic mass is 10.1. The normalized spacial score (nSPS) is 12.7. The molecule has 3 aromatic rings. The van der Waals surface area contributed by atoms with Gasteiger partial charge in [-0.2, -0.15) is 0 Å². The van der Waals surface area contributed by atoms with Gasteiger partial charge < -0.3 is 18.9 Å². The molecule has 0 saturated carbocycles. The first kappa shape index (κ1) is 12.8. The van der Waals surface area contributed by atoms with Gasteiger partial charge in [-0.15, -0.1) is 0 Å². The highest BCUT2D eigenvalue weighted by atomic mass is 16.5. The summed E-state index contributed by atoms with van der Waals surface area (Å²) in [4.78, 5) is 0. The maximum Gasteiger partial charge on any atom is 0.175 e. The van der Waals surface area contributed by atoms with Crippen molar-refractivity contribution < 1.29 is 13.6 Å². The first-order valence-electron chi connectivity index (χ1n) is 6.68. The number of fused-ring (bicyclic) bond motifs is 1. The lowest BCUT2D eigenvalue weighted by molar-refractivity contribution is 0.194. The third-order valence-corrected chi connectivity index (χ3v) is 3.28. The molecule has 0 amide bonds. The van der Waals surface area contributed by atoms with Gasteiger partial charge in [-0.05, 0) is 31.8 Å². The average Bonchev–Trinajstić information content (AvgIpc) is 3.14. The Morgan fingerprint density at radius 2 is 2.15 bits per heavy atom. The van der Waals surface area contributed by atoms with E-state index >= 15 is 0 Å². The van der Waals surface area contributed by atoms with Gasteiger partial charge in [0.25, 0.3) is 0 Å². The third-order valence-electron chi connectivity index (χ3n) is 3.28. The number of furan rings is 2. The molecule has 104 valence electrons. The molecule has 20 heavy (non-hydrogen) atoms. The van der Waals surface area contributed by atoms with Gasteiger partial charge in [0, 0.05) is 17.4 Å². The molecule has 1 atom stereocenters. The fourth-order valence-corrected chi connectivity index (χ4v) is 2.24. The monoisotopic (exact) mass is 271 g/mol. The summed E-state index contributed by atoms with van der Waals surface area (Å²) >= 11 is 0. The molecule has 2 heterocycles. The van der Waals surface area contributed by atoms with Crippen molar-refractivity contribution in [1.82, 2.24) is 5.32 Å². The van der Waals surface area contributed by atoms with Gasteiger partial charge in [0.2, 0.25) is 0 Å². The van der Waals surface area contributed by atoms with Crippen LogP contribution in [-0.2, 0) is 0 Å². The predicted octanol–water partition coefficient (Wildman–Crippen LogP) is 3.76. The van der Waals surface area contributed by atoms with E-state index in [4.69, 9.17) is 13.6 Å². The molecule has 1 unspecified atom stereocenters. The fraction of sp³-hybridized carbons (Fsp3) is 0.250. The maximum absolute atomic E-state index is 6.14. The Labute approximate surface area is 117 Å². The van der Waals surface area contributed by atoms with E-state index in [9.17, 15) is 0 Å². The molecule has 2 aromatic heterocycles. The zero-order valence-corrected chi connectivity index (χ0v) is 11.3. The zero-order chi connectivity index (χ0) is 13.8. The third kappa shape index (κ3) is 2.56. The smallest absolute Gasteiger partial charge is 0.175 e. The SMILES string of the molecule is CNCCC(Oc1cccc2ccoc12)c1ccoc1. The molecule has 4 nitrogen and oxygen atoms in total. The van der Waals surface area contributed by atoms with Crippen LogP contribution in [-0.4, -0.2) is 13.6 Å². The van der Waals surface area contributed by atoms with Crippen LogP contribution in [0.3, 0.4) is 0 Å². The Kier molecular flexibility index (Phi) is 3.74. The molecule has 0 fully saturated rings. The number of ether oxygens (including phenoxy) is 1. The Bertz CT molecular complexity index is 657. The van der Waals surface area contributed by atoms with E-state index in [1.54, 1.807) is 18.8 Å². The van der Waals surface area contributed by atoms with Gasteiger partial charge >= 0.3 is 0 Å². The average molecular weight is 271 g/mol. The molecular weight excluding hydrogens is 254 g/mol. The number of nitrogens with one attached hydrogen (secondary N) is 1. The van der Waals surface area contributed by atoms with Crippen molar-refractivity contribution in [2.24, 2.45) is 0 Å². The van der Waals surface area contributed by atoms with Crippen LogP contribution in [0.5, 0.6) is 5.75 Å². The second-order valence-electron chi connectivity index (χ2n) is 4.65. The standard InChI is InChI=1S/C16H17NO3/c1-17-8-5-14(13-6-9-18-11-13)20-15-4-2-3-12-7-10-19-16(12)15/h2-4,6-7,9-11,14,17H,5,8H2,1H3. The summed E-state index contributed by atoms with van der Waals surface area (Å²) in [6.07, 6.45) is 5.86. The lowest BCUT2D eigenvalue weighted by Crippen LogP contribution is -2.15. The van der Waals surface area contributed by atoms with Crippen LogP contribution in [0.15, 0.2) is 58.0 Å². The van der Waals surface area contributed by atoms with Gasteiger partial charge in [-0.1, -0.05) is 12.1 Å². The molecule has 3 rings (SSSR count). The Morgan fingerprint density at radius 1 is 1.20 bits per heavy atom. The van der Waals surface area contributed by atoms with Crippen LogP contribution >= 0.6 is 0 Å². The Hall–Kier alpha value is -2.20. The van der Waals surface area contributed by atoms with Crippen LogP contribution in [0.4, 0.5) is 0 Å². The molecule has 0 aliphatic carbocycles. The van der Waals surface area contributed by atoms with Crippen molar-refractivity contribution in [1.29, 1.82) is 0 Å². The van der Waals surface area contributed by atoms with Crippen molar-refractivity contribution in [3.8, 4) is 5.75 Å². The van der Waals surface area contributed by atoms with Crippen molar-refractivity contribution >= 4 is 11.0 Å². The molecule has 0 radical (unpaired) electrons. The minimum Gasteiger partial charge on any atom is -0.482 e. The van der Waals surface area contributed by atoms with Gasteiger partial charge in [0.1, 0.15) is 6.10 Å². The van der Waals surface area contributed by atoms with E-state index < -0.39 is 0 Å². The number of hydrogen-bond donors (Lipinski definition) is 1. The lowest BCUT2D eigenvalue weighted by Gasteiger charge is -2.18. The minimum absolute atomic E-state index is 0.0584. The van der Waals surface area contributed by atoms with Gasteiger partial charge in [0.15, 0.2) is 11.3 Å². The van der Waals surface area contributed by atoms with Crippen molar-refractivity contribution in [2.45, 2.75) is 12.5 Å². The fourth-order valence-electron chi connectivity index (χ4n) is 2.24. The molecule has 0 aliphatic rings. The van der Waals surface area contributed by atoms with Gasteiger partial charge in [-0.3, -0.25) is 0 Å². The summed E-state index contributed by atoms with van der Waals surface area (Å²) in [5.41, 5.74) is 1.81. The Morgan fingerprint density at radius 3 is 2.95 bits per heavy atom. The highest BCUT2D eigenvalue weighted by molar-refractivity contribution is 5.82. The van der Waals surface area contributed by atoms with E-state index in [1.165, 1.54) is 0 Å². The summed E-state index contributed by atoms with van der Waals surface area (Å²) in [5.74, 6) is 0.759. The van der Waals surface area contributed by atoms with Crippen LogP contribution < -0.4 is 10.1 Å². The Balaban J connectivity index is 1.87. The molecular formula is C16H17NO3. The maximum atomic E-state index is 6.14. The molecule has 0 spiro atoms. The summed E-state index contributed by atoms with van der Waals surface area (Å²) < 4.78 is 16.8. The number of rotatable bonds is 6. The predicted molar refractivity (Wildman–Crippen MR) is 76.8 cm³/mol. The summed E-state index contributed by atoms with van der Waals surface area (Å²) in [7, 11) is 1.93. The van der Waals surface area contributed by atoms with Gasteiger partial charge in [0.05, 0.1) is 18.8 Å². The van der Waals surface area contributed by atoms with Crippen LogP contribution in [0.2, 0.25) is 0 Å². The molecule has 0 bridgehead atoms. The van der Waals surface area contributed by atoms with Crippen molar-refractivity contribution in [3.05, 3.63) is 54.7 Å².